The van der Waals surface area contributed by atoms with Crippen LogP contribution in [-0.4, -0.2) is 71.2 Å². The zero-order chi connectivity index (χ0) is 40.5. The van der Waals surface area contributed by atoms with Crippen LogP contribution < -0.4 is 0 Å². The van der Waals surface area contributed by atoms with Crippen LogP contribution in [-0.2, 0) is 42.9 Å². The van der Waals surface area contributed by atoms with Gasteiger partial charge in [-0.05, 0) is 165 Å². The van der Waals surface area contributed by atoms with E-state index in [4.69, 9.17) is 23.7 Å². The number of hydrogen-bond donors (Lipinski definition) is 1. The van der Waals surface area contributed by atoms with E-state index < -0.39 is 45.6 Å². The largest absolute Gasteiger partial charge is 0.459 e. The minimum absolute atomic E-state index is 0.0388. The molecule has 1 saturated heterocycles. The molecule has 1 aliphatic heterocycles. The molecular formula is C47H70O10. The highest BCUT2D eigenvalue weighted by atomic mass is 16.6. The Kier molecular flexibility index (Phi) is 9.64. The van der Waals surface area contributed by atoms with Crippen molar-refractivity contribution in [2.75, 3.05) is 13.2 Å². The van der Waals surface area contributed by atoms with Gasteiger partial charge in [-0.15, -0.1) is 0 Å². The molecule has 10 aliphatic carbocycles. The molecule has 1 N–H and O–H groups in total. The van der Waals surface area contributed by atoms with E-state index in [9.17, 15) is 24.3 Å². The molecular weight excluding hydrogens is 725 g/mol. The molecule has 0 radical (unpaired) electrons. The summed E-state index contributed by atoms with van der Waals surface area (Å²) < 4.78 is 32.3. The number of carbonyl (C=O) groups is 4. The fourth-order valence-electron chi connectivity index (χ4n) is 16.2. The van der Waals surface area contributed by atoms with Gasteiger partial charge >= 0.3 is 23.9 Å². The maximum absolute atomic E-state index is 15.0. The topological polar surface area (TPSA) is 135 Å². The Morgan fingerprint density at radius 2 is 1.39 bits per heavy atom. The first-order chi connectivity index (χ1) is 26.8. The van der Waals surface area contributed by atoms with Crippen molar-refractivity contribution in [2.45, 2.75) is 180 Å². The normalized spacial score (nSPS) is 45.2. The predicted octanol–water partition coefficient (Wildman–Crippen LogP) is 7.75. The lowest BCUT2D eigenvalue weighted by Gasteiger charge is -2.62. The standard InChI is InChI=1S/C47H70O10/c1-8-43(6,41(52)56-46-21-29-12-30(22-46)20-45(19-29,25-46)53-10-9-48)24-44(7,40(51)55-36-31-17-34-35(18-31)38(49)54-37(34)36)23-42(4,5)39(50)57-47(26(2)3)32-13-27-11-28(15-32)16-33(47)14-27/h26-37,48H,8-25H2,1-7H3. The summed E-state index contributed by atoms with van der Waals surface area (Å²) in [5, 5.41) is 9.61. The minimum atomic E-state index is -1.27. The highest BCUT2D eigenvalue weighted by Gasteiger charge is 2.66. The molecule has 0 aromatic heterocycles. The number of ether oxygens (including phenoxy) is 5. The SMILES string of the molecule is CCC(C)(CC(C)(CC(C)(C)C(=O)OC1(C(C)C)C2CC3CC(C2)CC1C3)C(=O)OC1C2CC3C(=O)OC1C3C2)C(=O)OC12CC3CC(CC(OCCO)(C3)C1)C2. The molecule has 11 aliphatic rings. The summed E-state index contributed by atoms with van der Waals surface area (Å²) in [7, 11) is 0. The van der Waals surface area contributed by atoms with Crippen molar-refractivity contribution < 1.29 is 48.0 Å². The second kappa shape index (κ2) is 13.7. The molecule has 57 heavy (non-hydrogen) atoms. The maximum Gasteiger partial charge on any atom is 0.312 e. The third-order valence-corrected chi connectivity index (χ3v) is 17.9. The minimum Gasteiger partial charge on any atom is -0.459 e. The lowest BCUT2D eigenvalue weighted by atomic mass is 9.47. The quantitative estimate of drug-likeness (QED) is 0.130. The van der Waals surface area contributed by atoms with Gasteiger partial charge in [0.15, 0.2) is 0 Å². The zero-order valence-corrected chi connectivity index (χ0v) is 35.8. The van der Waals surface area contributed by atoms with E-state index in [0.29, 0.717) is 42.9 Å². The monoisotopic (exact) mass is 794 g/mol. The first-order valence-corrected chi connectivity index (χ1v) is 23.0. The number of aliphatic hydroxyl groups is 1. The van der Waals surface area contributed by atoms with Gasteiger partial charge in [-0.2, -0.15) is 0 Å². The van der Waals surface area contributed by atoms with Crippen molar-refractivity contribution >= 4 is 23.9 Å². The molecule has 0 aromatic carbocycles. The van der Waals surface area contributed by atoms with E-state index in [-0.39, 0.29) is 73.2 Å². The second-order valence-corrected chi connectivity index (χ2v) is 23.0. The zero-order valence-electron chi connectivity index (χ0n) is 35.8. The van der Waals surface area contributed by atoms with Gasteiger partial charge < -0.3 is 28.8 Å². The third-order valence-electron chi connectivity index (χ3n) is 17.9. The molecule has 0 spiro atoms. The Labute approximate surface area is 339 Å². The molecule has 10 saturated carbocycles. The van der Waals surface area contributed by atoms with E-state index in [1.807, 2.05) is 34.6 Å². The van der Waals surface area contributed by atoms with Gasteiger partial charge in [0.05, 0.1) is 41.0 Å². The van der Waals surface area contributed by atoms with Crippen LogP contribution in [0.15, 0.2) is 0 Å². The Bertz CT molecular complexity index is 1610. The summed E-state index contributed by atoms with van der Waals surface area (Å²) in [6.45, 7) is 14.2. The van der Waals surface area contributed by atoms with Crippen molar-refractivity contribution in [3.63, 3.8) is 0 Å². The molecule has 1 heterocycles. The summed E-state index contributed by atoms with van der Waals surface area (Å²) in [5.74, 6) is 1.97. The summed E-state index contributed by atoms with van der Waals surface area (Å²) in [6, 6.07) is 0. The van der Waals surface area contributed by atoms with Crippen molar-refractivity contribution in [2.24, 2.45) is 75.4 Å². The molecule has 11 rings (SSSR count). The Balaban J connectivity index is 0.983. The lowest BCUT2D eigenvalue weighted by Crippen LogP contribution is -2.63. The molecule has 9 unspecified atom stereocenters. The Morgan fingerprint density at radius 3 is 1.98 bits per heavy atom. The van der Waals surface area contributed by atoms with Gasteiger partial charge in [-0.1, -0.05) is 20.8 Å². The van der Waals surface area contributed by atoms with Gasteiger partial charge in [0.25, 0.3) is 0 Å². The van der Waals surface area contributed by atoms with E-state index in [2.05, 4.69) is 13.8 Å². The first kappa shape index (κ1) is 40.2. The van der Waals surface area contributed by atoms with Gasteiger partial charge in [0, 0.05) is 18.3 Å². The van der Waals surface area contributed by atoms with Crippen LogP contribution in [0, 0.1) is 75.4 Å². The van der Waals surface area contributed by atoms with Crippen molar-refractivity contribution in [1.29, 1.82) is 0 Å². The van der Waals surface area contributed by atoms with Crippen LogP contribution in [0.5, 0.6) is 0 Å². The number of hydrogen-bond acceptors (Lipinski definition) is 10. The van der Waals surface area contributed by atoms with Crippen LogP contribution in [0.4, 0.5) is 0 Å². The highest BCUT2D eigenvalue weighted by molar-refractivity contribution is 5.83. The summed E-state index contributed by atoms with van der Waals surface area (Å²) in [6.07, 6.45) is 12.2. The number of aliphatic hydroxyl groups excluding tert-OH is 1. The van der Waals surface area contributed by atoms with Crippen LogP contribution >= 0.6 is 0 Å². The fourth-order valence-corrected chi connectivity index (χ4v) is 16.2. The van der Waals surface area contributed by atoms with E-state index in [1.54, 1.807) is 0 Å². The van der Waals surface area contributed by atoms with Crippen molar-refractivity contribution in [1.82, 2.24) is 0 Å². The van der Waals surface area contributed by atoms with Crippen LogP contribution in [0.2, 0.25) is 0 Å². The van der Waals surface area contributed by atoms with Crippen LogP contribution in [0.3, 0.4) is 0 Å². The number of carbonyl (C=O) groups excluding carboxylic acids is 4. The first-order valence-electron chi connectivity index (χ1n) is 23.0. The molecule has 10 heteroatoms. The Morgan fingerprint density at radius 1 is 0.772 bits per heavy atom. The Hall–Kier alpha value is -2.20. The average Bonchev–Trinajstić information content (AvgIpc) is 3.76. The highest BCUT2D eigenvalue weighted by Crippen LogP contribution is 2.64. The summed E-state index contributed by atoms with van der Waals surface area (Å²) in [4.78, 5) is 57.2. The number of esters is 4. The predicted molar refractivity (Wildman–Crippen MR) is 209 cm³/mol. The number of fused-ring (bicyclic) bond motifs is 1. The molecule has 0 aromatic rings. The van der Waals surface area contributed by atoms with E-state index >= 15 is 0 Å². The molecule has 10 nitrogen and oxygen atoms in total. The molecule has 9 atom stereocenters. The van der Waals surface area contributed by atoms with E-state index in [0.717, 1.165) is 76.0 Å². The fraction of sp³-hybridized carbons (Fsp3) is 0.915. The van der Waals surface area contributed by atoms with Gasteiger partial charge in [-0.25, -0.2) is 0 Å². The van der Waals surface area contributed by atoms with Crippen molar-refractivity contribution in [3.05, 3.63) is 0 Å². The van der Waals surface area contributed by atoms with E-state index in [1.165, 1.54) is 6.42 Å². The summed E-state index contributed by atoms with van der Waals surface area (Å²) >= 11 is 0. The smallest absolute Gasteiger partial charge is 0.312 e. The van der Waals surface area contributed by atoms with Gasteiger partial charge in [0.2, 0.25) is 0 Å². The summed E-state index contributed by atoms with van der Waals surface area (Å²) in [5.41, 5.74) is -4.93. The lowest BCUT2D eigenvalue weighted by molar-refractivity contribution is -0.240. The third kappa shape index (κ3) is 6.43. The second-order valence-electron chi connectivity index (χ2n) is 23.0. The maximum atomic E-state index is 15.0. The van der Waals surface area contributed by atoms with Crippen LogP contribution in [0.1, 0.15) is 151 Å². The molecule has 318 valence electrons. The van der Waals surface area contributed by atoms with Gasteiger partial charge in [0.1, 0.15) is 23.4 Å². The average molecular weight is 795 g/mol. The van der Waals surface area contributed by atoms with Crippen LogP contribution in [0.25, 0.3) is 0 Å². The molecule has 0 amide bonds. The molecule has 11 fully saturated rings. The van der Waals surface area contributed by atoms with Crippen molar-refractivity contribution in [3.8, 4) is 0 Å². The molecule has 10 bridgehead atoms. The number of rotatable bonds is 15. The van der Waals surface area contributed by atoms with Gasteiger partial charge in [-0.3, -0.25) is 19.2 Å².